The van der Waals surface area contributed by atoms with Crippen molar-refractivity contribution < 1.29 is 4.79 Å². The molecular formula is C9H13BrN2OS. The number of hydrogen-bond acceptors (Lipinski definition) is 3. The van der Waals surface area contributed by atoms with Crippen LogP contribution in [0.5, 0.6) is 0 Å². The summed E-state index contributed by atoms with van der Waals surface area (Å²) in [6, 6.07) is 0. The van der Waals surface area contributed by atoms with E-state index in [4.69, 9.17) is 0 Å². The van der Waals surface area contributed by atoms with Crippen LogP contribution in [0.25, 0.3) is 0 Å². The second-order valence-electron chi connectivity index (χ2n) is 3.54. The quantitative estimate of drug-likeness (QED) is 0.861. The molecule has 1 N–H and O–H groups in total. The predicted octanol–water partition coefficient (Wildman–Crippen LogP) is 2.24. The Morgan fingerprint density at radius 3 is 2.79 bits per heavy atom. The highest BCUT2D eigenvalue weighted by Gasteiger charge is 2.23. The minimum Gasteiger partial charge on any atom is -0.348 e. The zero-order valence-electron chi connectivity index (χ0n) is 8.43. The Kier molecular flexibility index (Phi) is 3.66. The summed E-state index contributed by atoms with van der Waals surface area (Å²) in [7, 11) is 0. The van der Waals surface area contributed by atoms with E-state index in [-0.39, 0.29) is 5.91 Å². The molecule has 0 saturated heterocycles. The van der Waals surface area contributed by atoms with E-state index in [0.29, 0.717) is 6.54 Å². The molecule has 0 bridgehead atoms. The number of nitrogens with one attached hydrogen (secondary N) is 1. The molecule has 1 rings (SSSR count). The van der Waals surface area contributed by atoms with Gasteiger partial charge >= 0.3 is 0 Å². The lowest BCUT2D eigenvalue weighted by molar-refractivity contribution is -0.122. The van der Waals surface area contributed by atoms with Crippen LogP contribution in [0.15, 0.2) is 5.38 Å². The summed E-state index contributed by atoms with van der Waals surface area (Å²) < 4.78 is -0.515. The number of carbonyl (C=O) groups is 1. The lowest BCUT2D eigenvalue weighted by atomic mass is 10.2. The standard InChI is InChI=1S/C9H13BrN2OS/c1-6-5-14-7(12-6)4-11-8(13)9(2,3)10/h5H,4H2,1-3H3,(H,11,13). The minimum absolute atomic E-state index is 0.0228. The summed E-state index contributed by atoms with van der Waals surface area (Å²) in [6.45, 7) is 6.08. The molecule has 0 spiro atoms. The van der Waals surface area contributed by atoms with Crippen molar-refractivity contribution in [3.8, 4) is 0 Å². The number of thiazole rings is 1. The molecule has 78 valence electrons. The second kappa shape index (κ2) is 4.40. The molecule has 0 radical (unpaired) electrons. The third-order valence-electron chi connectivity index (χ3n) is 1.61. The molecule has 0 aliphatic carbocycles. The highest BCUT2D eigenvalue weighted by atomic mass is 79.9. The zero-order chi connectivity index (χ0) is 10.8. The van der Waals surface area contributed by atoms with E-state index in [1.165, 1.54) is 0 Å². The number of aromatic nitrogens is 1. The first-order valence-electron chi connectivity index (χ1n) is 4.28. The van der Waals surface area contributed by atoms with E-state index in [2.05, 4.69) is 26.2 Å². The van der Waals surface area contributed by atoms with Gasteiger partial charge in [-0.3, -0.25) is 4.79 Å². The van der Waals surface area contributed by atoms with E-state index >= 15 is 0 Å². The van der Waals surface area contributed by atoms with Gasteiger partial charge in [-0.25, -0.2) is 4.98 Å². The maximum atomic E-state index is 11.5. The fourth-order valence-electron chi connectivity index (χ4n) is 0.850. The van der Waals surface area contributed by atoms with Gasteiger partial charge in [0.05, 0.1) is 10.9 Å². The highest BCUT2D eigenvalue weighted by Crippen LogP contribution is 2.16. The Hall–Kier alpha value is -0.420. The topological polar surface area (TPSA) is 42.0 Å². The van der Waals surface area contributed by atoms with Crippen LogP contribution in [0.4, 0.5) is 0 Å². The van der Waals surface area contributed by atoms with Gasteiger partial charge in [-0.2, -0.15) is 0 Å². The average molecular weight is 277 g/mol. The molecule has 0 saturated carbocycles. The maximum absolute atomic E-state index is 11.5. The third-order valence-corrected chi connectivity index (χ3v) is 2.93. The summed E-state index contributed by atoms with van der Waals surface area (Å²) in [5.41, 5.74) is 0.998. The van der Waals surface area contributed by atoms with Crippen molar-refractivity contribution in [1.29, 1.82) is 0 Å². The lowest BCUT2D eigenvalue weighted by Gasteiger charge is -2.14. The van der Waals surface area contributed by atoms with Crippen molar-refractivity contribution in [2.75, 3.05) is 0 Å². The van der Waals surface area contributed by atoms with Gasteiger partial charge in [0, 0.05) is 11.1 Å². The Labute approximate surface area is 96.1 Å². The van der Waals surface area contributed by atoms with Crippen LogP contribution in [0, 0.1) is 6.92 Å². The van der Waals surface area contributed by atoms with Crippen molar-refractivity contribution in [3.05, 3.63) is 16.1 Å². The first-order valence-corrected chi connectivity index (χ1v) is 5.95. The van der Waals surface area contributed by atoms with Crippen LogP contribution >= 0.6 is 27.3 Å². The van der Waals surface area contributed by atoms with Crippen molar-refractivity contribution >= 4 is 33.2 Å². The number of halogens is 1. The first kappa shape index (κ1) is 11.7. The number of carbonyl (C=O) groups excluding carboxylic acids is 1. The molecule has 0 unspecified atom stereocenters. The van der Waals surface area contributed by atoms with Gasteiger partial charge in [0.2, 0.25) is 5.91 Å². The molecule has 0 fully saturated rings. The fourth-order valence-corrected chi connectivity index (χ4v) is 1.70. The Morgan fingerprint density at radius 2 is 2.36 bits per heavy atom. The number of nitrogens with zero attached hydrogens (tertiary/aromatic N) is 1. The van der Waals surface area contributed by atoms with Crippen LogP contribution in [0.3, 0.4) is 0 Å². The molecule has 1 aromatic heterocycles. The fraction of sp³-hybridized carbons (Fsp3) is 0.556. The zero-order valence-corrected chi connectivity index (χ0v) is 10.8. The van der Waals surface area contributed by atoms with Crippen molar-refractivity contribution in [1.82, 2.24) is 10.3 Å². The number of hydrogen-bond donors (Lipinski definition) is 1. The van der Waals surface area contributed by atoms with Gasteiger partial charge in [-0.05, 0) is 20.8 Å². The van der Waals surface area contributed by atoms with E-state index in [1.54, 1.807) is 11.3 Å². The summed E-state index contributed by atoms with van der Waals surface area (Å²) in [5.74, 6) is -0.0228. The van der Waals surface area contributed by atoms with Crippen LogP contribution in [-0.2, 0) is 11.3 Å². The largest absolute Gasteiger partial charge is 0.348 e. The van der Waals surface area contributed by atoms with Gasteiger partial charge in [-0.15, -0.1) is 11.3 Å². The van der Waals surface area contributed by atoms with E-state index in [1.807, 2.05) is 26.2 Å². The molecule has 0 atom stereocenters. The summed E-state index contributed by atoms with van der Waals surface area (Å²) in [5, 5.41) is 5.72. The molecule has 14 heavy (non-hydrogen) atoms. The Morgan fingerprint density at radius 1 is 1.71 bits per heavy atom. The number of alkyl halides is 1. The monoisotopic (exact) mass is 276 g/mol. The predicted molar refractivity (Wildman–Crippen MR) is 61.7 cm³/mol. The van der Waals surface area contributed by atoms with E-state index in [0.717, 1.165) is 10.7 Å². The molecule has 0 aliphatic rings. The van der Waals surface area contributed by atoms with Crippen LogP contribution in [0.1, 0.15) is 24.5 Å². The van der Waals surface area contributed by atoms with Gasteiger partial charge in [-0.1, -0.05) is 15.9 Å². The van der Waals surface area contributed by atoms with Gasteiger partial charge < -0.3 is 5.32 Å². The minimum atomic E-state index is -0.515. The van der Waals surface area contributed by atoms with Crippen molar-refractivity contribution in [2.45, 2.75) is 31.6 Å². The summed E-state index contributed by atoms with van der Waals surface area (Å²) >= 11 is 4.85. The van der Waals surface area contributed by atoms with Crippen LogP contribution < -0.4 is 5.32 Å². The van der Waals surface area contributed by atoms with Crippen LogP contribution in [-0.4, -0.2) is 15.2 Å². The number of amides is 1. The molecule has 1 aromatic rings. The van der Waals surface area contributed by atoms with Crippen molar-refractivity contribution in [3.63, 3.8) is 0 Å². The van der Waals surface area contributed by atoms with Crippen molar-refractivity contribution in [2.24, 2.45) is 0 Å². The van der Waals surface area contributed by atoms with Crippen LogP contribution in [0.2, 0.25) is 0 Å². The summed E-state index contributed by atoms with van der Waals surface area (Å²) in [4.78, 5) is 15.7. The molecule has 0 aliphatic heterocycles. The SMILES string of the molecule is Cc1csc(CNC(=O)C(C)(C)Br)n1. The molecule has 0 aromatic carbocycles. The van der Waals surface area contributed by atoms with E-state index in [9.17, 15) is 4.79 Å². The third kappa shape index (κ3) is 3.38. The van der Waals surface area contributed by atoms with Gasteiger partial charge in [0.25, 0.3) is 0 Å². The molecule has 1 amide bonds. The Balaban J connectivity index is 2.46. The molecule has 5 heteroatoms. The second-order valence-corrected chi connectivity index (χ2v) is 6.46. The number of aryl methyl sites for hydroxylation is 1. The normalized spacial score (nSPS) is 11.4. The van der Waals surface area contributed by atoms with Gasteiger partial charge in [0.1, 0.15) is 5.01 Å². The molecular weight excluding hydrogens is 264 g/mol. The maximum Gasteiger partial charge on any atom is 0.236 e. The summed E-state index contributed by atoms with van der Waals surface area (Å²) in [6.07, 6.45) is 0. The molecule has 1 heterocycles. The smallest absolute Gasteiger partial charge is 0.236 e. The Bertz CT molecular complexity index is 330. The lowest BCUT2D eigenvalue weighted by Crippen LogP contribution is -2.36. The highest BCUT2D eigenvalue weighted by molar-refractivity contribution is 9.10. The number of rotatable bonds is 3. The average Bonchev–Trinajstić information content (AvgIpc) is 2.45. The van der Waals surface area contributed by atoms with Gasteiger partial charge in [0.15, 0.2) is 0 Å². The molecule has 3 nitrogen and oxygen atoms in total. The first-order chi connectivity index (χ1) is 6.39. The van der Waals surface area contributed by atoms with E-state index < -0.39 is 4.32 Å².